The van der Waals surface area contributed by atoms with Crippen molar-refractivity contribution in [1.29, 1.82) is 0 Å². The second-order valence-electron chi connectivity index (χ2n) is 7.72. The maximum Gasteiger partial charge on any atom is 0.308 e. The Kier molecular flexibility index (Phi) is 5.68. The third-order valence-corrected chi connectivity index (χ3v) is 7.38. The maximum absolute atomic E-state index is 12.7. The summed E-state index contributed by atoms with van der Waals surface area (Å²) in [6.07, 6.45) is 0. The molecule has 7 heteroatoms. The van der Waals surface area contributed by atoms with Gasteiger partial charge < -0.3 is 0 Å². The third kappa shape index (κ3) is 4.01. The summed E-state index contributed by atoms with van der Waals surface area (Å²) in [5.74, 6) is 1.54. The van der Waals surface area contributed by atoms with Gasteiger partial charge in [0.05, 0.1) is 22.4 Å². The number of hydrogen-bond acceptors (Lipinski definition) is 5. The number of nitrogens with zero attached hydrogens (tertiary/aromatic N) is 4. The smallest absolute Gasteiger partial charge is 0.291 e. The average molecular weight is 459 g/mol. The van der Waals surface area contributed by atoms with Gasteiger partial charge in [-0.15, -0.1) is 10.2 Å². The van der Waals surface area contributed by atoms with E-state index in [1.807, 2.05) is 36.4 Å². The van der Waals surface area contributed by atoms with Crippen LogP contribution in [-0.4, -0.2) is 19.3 Å². The Balaban J connectivity index is 1.55. The summed E-state index contributed by atoms with van der Waals surface area (Å²) in [5.41, 5.74) is 5.58. The number of aryl methyl sites for hydroxylation is 2. The molecule has 32 heavy (non-hydrogen) atoms. The van der Waals surface area contributed by atoms with Crippen molar-refractivity contribution in [2.45, 2.75) is 31.3 Å². The Morgan fingerprint density at radius 2 is 1.66 bits per heavy atom. The quantitative estimate of drug-likeness (QED) is 0.311. The third-order valence-electron chi connectivity index (χ3n) is 5.42. The molecule has 0 amide bonds. The molecular weight excluding hydrogens is 436 g/mol. The van der Waals surface area contributed by atoms with Gasteiger partial charge in [-0.05, 0) is 43.2 Å². The van der Waals surface area contributed by atoms with Gasteiger partial charge >= 0.3 is 4.87 Å². The lowest BCUT2D eigenvalue weighted by molar-refractivity contribution is 0.724. The molecule has 0 aliphatic rings. The molecule has 0 spiro atoms. The van der Waals surface area contributed by atoms with Crippen molar-refractivity contribution in [3.63, 3.8) is 0 Å². The topological polar surface area (TPSA) is 52.7 Å². The summed E-state index contributed by atoms with van der Waals surface area (Å²) >= 11 is 2.92. The minimum Gasteiger partial charge on any atom is -0.291 e. The highest BCUT2D eigenvalue weighted by Crippen LogP contribution is 2.28. The van der Waals surface area contributed by atoms with Gasteiger partial charge in [0.1, 0.15) is 0 Å². The maximum atomic E-state index is 12.7. The van der Waals surface area contributed by atoms with Gasteiger partial charge in [-0.25, -0.2) is 0 Å². The summed E-state index contributed by atoms with van der Waals surface area (Å²) in [4.78, 5) is 12.7. The van der Waals surface area contributed by atoms with Crippen LogP contribution in [0.4, 0.5) is 0 Å². The fourth-order valence-electron chi connectivity index (χ4n) is 3.69. The van der Waals surface area contributed by atoms with Crippen molar-refractivity contribution in [1.82, 2.24) is 19.3 Å². The molecular formula is C25H22N4OS2. The summed E-state index contributed by atoms with van der Waals surface area (Å²) in [6.45, 7) is 4.54. The summed E-state index contributed by atoms with van der Waals surface area (Å²) in [5, 5.41) is 9.86. The van der Waals surface area contributed by atoms with Crippen LogP contribution in [0.15, 0.2) is 82.7 Å². The largest absolute Gasteiger partial charge is 0.308 e. The lowest BCUT2D eigenvalue weighted by Crippen LogP contribution is -2.17. The van der Waals surface area contributed by atoms with Crippen LogP contribution in [0.2, 0.25) is 0 Å². The van der Waals surface area contributed by atoms with E-state index in [1.54, 1.807) is 16.3 Å². The first-order valence-electron chi connectivity index (χ1n) is 10.4. The number of aromatic nitrogens is 4. The highest BCUT2D eigenvalue weighted by atomic mass is 32.2. The number of benzene rings is 3. The highest BCUT2D eigenvalue weighted by molar-refractivity contribution is 7.98. The van der Waals surface area contributed by atoms with Crippen LogP contribution in [0.5, 0.6) is 0 Å². The molecule has 0 radical (unpaired) electrons. The molecule has 0 saturated carbocycles. The predicted octanol–water partition coefficient (Wildman–Crippen LogP) is 5.60. The van der Waals surface area contributed by atoms with Gasteiger partial charge in [-0.1, -0.05) is 83.3 Å². The molecule has 0 N–H and O–H groups in total. The number of rotatable bonds is 6. The molecule has 0 atom stereocenters. The first-order valence-corrected chi connectivity index (χ1v) is 12.2. The normalized spacial score (nSPS) is 11.3. The SMILES string of the molecule is Cc1ccc(CSc2nnc(Cn3c(=O)sc4ccccc43)n2-c2ccccc2C)cc1. The number of hydrogen-bond donors (Lipinski definition) is 0. The molecule has 5 aromatic rings. The molecule has 0 aliphatic heterocycles. The van der Waals surface area contributed by atoms with Gasteiger partial charge in [0.15, 0.2) is 11.0 Å². The summed E-state index contributed by atoms with van der Waals surface area (Å²) in [7, 11) is 0. The van der Waals surface area contributed by atoms with E-state index in [2.05, 4.69) is 65.0 Å². The van der Waals surface area contributed by atoms with Crippen molar-refractivity contribution in [2.24, 2.45) is 0 Å². The van der Waals surface area contributed by atoms with Crippen molar-refractivity contribution >= 4 is 33.3 Å². The second kappa shape index (κ2) is 8.76. The lowest BCUT2D eigenvalue weighted by atomic mass is 10.2. The summed E-state index contributed by atoms with van der Waals surface area (Å²) < 4.78 is 4.86. The van der Waals surface area contributed by atoms with Crippen molar-refractivity contribution < 1.29 is 0 Å². The van der Waals surface area contributed by atoms with E-state index in [4.69, 9.17) is 0 Å². The Morgan fingerprint density at radius 3 is 2.47 bits per heavy atom. The number of thioether (sulfide) groups is 1. The molecule has 2 heterocycles. The van der Waals surface area contributed by atoms with Gasteiger partial charge in [0.25, 0.3) is 0 Å². The molecule has 5 rings (SSSR count). The molecule has 160 valence electrons. The number of para-hydroxylation sites is 2. The molecule has 2 aromatic heterocycles. The standard InChI is InChI=1S/C25H22N4OS2/c1-17-11-13-19(14-12-17)16-31-24-27-26-23(29(24)20-8-4-3-7-18(20)2)15-28-21-9-5-6-10-22(21)32-25(28)30/h3-14H,15-16H2,1-2H3. The monoisotopic (exact) mass is 458 g/mol. The van der Waals surface area contributed by atoms with Crippen molar-refractivity contribution in [2.75, 3.05) is 0 Å². The highest BCUT2D eigenvalue weighted by Gasteiger charge is 2.18. The molecule has 0 bridgehead atoms. The lowest BCUT2D eigenvalue weighted by Gasteiger charge is -2.13. The second-order valence-corrected chi connectivity index (χ2v) is 9.65. The molecule has 3 aromatic carbocycles. The fraction of sp³-hybridized carbons (Fsp3) is 0.160. The average Bonchev–Trinajstić information content (AvgIpc) is 3.34. The first kappa shape index (κ1) is 20.7. The van der Waals surface area contributed by atoms with E-state index in [0.717, 1.165) is 38.2 Å². The van der Waals surface area contributed by atoms with Crippen LogP contribution >= 0.6 is 23.1 Å². The van der Waals surface area contributed by atoms with E-state index in [0.29, 0.717) is 6.54 Å². The fourth-order valence-corrected chi connectivity index (χ4v) is 5.50. The Labute approximate surface area is 194 Å². The Morgan fingerprint density at radius 1 is 0.906 bits per heavy atom. The van der Waals surface area contributed by atoms with Crippen molar-refractivity contribution in [3.05, 3.63) is 105 Å². The van der Waals surface area contributed by atoms with Crippen molar-refractivity contribution in [3.8, 4) is 5.69 Å². The van der Waals surface area contributed by atoms with E-state index in [-0.39, 0.29) is 4.87 Å². The zero-order valence-corrected chi connectivity index (χ0v) is 19.5. The molecule has 5 nitrogen and oxygen atoms in total. The van der Waals surface area contributed by atoms with Crippen LogP contribution in [-0.2, 0) is 12.3 Å². The number of fused-ring (bicyclic) bond motifs is 1. The van der Waals surface area contributed by atoms with Crippen LogP contribution < -0.4 is 4.87 Å². The molecule has 0 aliphatic carbocycles. The Hall–Kier alpha value is -3.16. The molecule has 0 saturated heterocycles. The van der Waals surface area contributed by atoms with Gasteiger partial charge in [0, 0.05) is 5.75 Å². The van der Waals surface area contributed by atoms with Crippen LogP contribution in [0, 0.1) is 13.8 Å². The Bertz CT molecular complexity index is 1450. The zero-order chi connectivity index (χ0) is 22.1. The predicted molar refractivity (Wildman–Crippen MR) is 132 cm³/mol. The zero-order valence-electron chi connectivity index (χ0n) is 17.9. The van der Waals surface area contributed by atoms with E-state index >= 15 is 0 Å². The van der Waals surface area contributed by atoms with Gasteiger partial charge in [0.2, 0.25) is 0 Å². The van der Waals surface area contributed by atoms with Gasteiger partial charge in [-0.3, -0.25) is 13.9 Å². The molecule has 0 fully saturated rings. The van der Waals surface area contributed by atoms with E-state index in [1.165, 1.54) is 22.5 Å². The van der Waals surface area contributed by atoms with Crippen LogP contribution in [0.1, 0.15) is 22.5 Å². The van der Waals surface area contributed by atoms with E-state index in [9.17, 15) is 4.79 Å². The first-order chi connectivity index (χ1) is 15.6. The minimum atomic E-state index is 0.0133. The summed E-state index contributed by atoms with van der Waals surface area (Å²) in [6, 6.07) is 24.6. The van der Waals surface area contributed by atoms with Crippen LogP contribution in [0.3, 0.4) is 0 Å². The molecule has 0 unspecified atom stereocenters. The van der Waals surface area contributed by atoms with Gasteiger partial charge in [-0.2, -0.15) is 0 Å². The van der Waals surface area contributed by atoms with E-state index < -0.39 is 0 Å². The minimum absolute atomic E-state index is 0.0133. The number of thiazole rings is 1. The van der Waals surface area contributed by atoms with Crippen LogP contribution in [0.25, 0.3) is 15.9 Å².